The average Bonchev–Trinajstić information content (AvgIpc) is 2.64. The third-order valence-corrected chi connectivity index (χ3v) is 3.09. The monoisotopic (exact) mass is 310 g/mol. The van der Waals surface area contributed by atoms with E-state index in [1.54, 1.807) is 6.07 Å². The van der Waals surface area contributed by atoms with Gasteiger partial charge >= 0.3 is 5.97 Å². The Hall–Kier alpha value is -1.82. The summed E-state index contributed by atoms with van der Waals surface area (Å²) in [6.07, 6.45) is 0. The average molecular weight is 311 g/mol. The van der Waals surface area contributed by atoms with Crippen LogP contribution in [0.2, 0.25) is 0 Å². The molecule has 18 heavy (non-hydrogen) atoms. The van der Waals surface area contributed by atoms with Crippen LogP contribution in [-0.2, 0) is 11.3 Å². The lowest BCUT2D eigenvalue weighted by molar-refractivity contribution is -0.119. The number of carboxylic acids is 1. The molecule has 6 heteroatoms. The smallest absolute Gasteiger partial charge is 0.352 e. The van der Waals surface area contributed by atoms with Crippen LogP contribution in [0.25, 0.3) is 10.9 Å². The molecule has 0 spiro atoms. The predicted molar refractivity (Wildman–Crippen MR) is 70.5 cm³/mol. The molecule has 2 rings (SSSR count). The lowest BCUT2D eigenvalue weighted by Crippen LogP contribution is -2.20. The van der Waals surface area contributed by atoms with Crippen LogP contribution in [0.3, 0.4) is 0 Å². The molecule has 5 nitrogen and oxygen atoms in total. The number of aromatic amines is 1. The summed E-state index contributed by atoms with van der Waals surface area (Å²) in [4.78, 5) is 25.0. The van der Waals surface area contributed by atoms with Crippen molar-refractivity contribution in [1.29, 1.82) is 0 Å². The van der Waals surface area contributed by atoms with Gasteiger partial charge in [-0.1, -0.05) is 15.9 Å². The topological polar surface area (TPSA) is 82.2 Å². The van der Waals surface area contributed by atoms with Gasteiger partial charge in [0.05, 0.1) is 0 Å². The molecule has 1 amide bonds. The molecule has 0 atom stereocenters. The first kappa shape index (κ1) is 12.6. The van der Waals surface area contributed by atoms with Crippen LogP contribution in [0.5, 0.6) is 0 Å². The van der Waals surface area contributed by atoms with Gasteiger partial charge in [-0.05, 0) is 18.2 Å². The quantitative estimate of drug-likeness (QED) is 0.813. The summed E-state index contributed by atoms with van der Waals surface area (Å²) in [7, 11) is 0. The number of hydrogen-bond donors (Lipinski definition) is 3. The minimum absolute atomic E-state index is 0.108. The van der Waals surface area contributed by atoms with Gasteiger partial charge in [-0.3, -0.25) is 4.79 Å². The van der Waals surface area contributed by atoms with Crippen molar-refractivity contribution in [3.05, 3.63) is 33.9 Å². The maximum absolute atomic E-state index is 11.2. The molecule has 1 heterocycles. The molecule has 0 aliphatic rings. The van der Waals surface area contributed by atoms with Crippen LogP contribution >= 0.6 is 15.9 Å². The van der Waals surface area contributed by atoms with Gasteiger partial charge in [-0.2, -0.15) is 0 Å². The molecule has 3 N–H and O–H groups in total. The van der Waals surface area contributed by atoms with Crippen molar-refractivity contribution in [1.82, 2.24) is 10.3 Å². The van der Waals surface area contributed by atoms with E-state index in [1.165, 1.54) is 6.92 Å². The maximum Gasteiger partial charge on any atom is 0.352 e. The summed E-state index contributed by atoms with van der Waals surface area (Å²) in [6, 6.07) is 5.45. The molecule has 0 fully saturated rings. The van der Waals surface area contributed by atoms with Crippen molar-refractivity contribution >= 4 is 38.7 Å². The predicted octanol–water partition coefficient (Wildman–Crippen LogP) is 2.26. The number of rotatable bonds is 3. The number of carbonyl (C=O) groups excluding carboxylic acids is 1. The van der Waals surface area contributed by atoms with Crippen molar-refractivity contribution < 1.29 is 14.7 Å². The normalized spacial score (nSPS) is 10.6. The first-order valence-electron chi connectivity index (χ1n) is 5.27. The summed E-state index contributed by atoms with van der Waals surface area (Å²) < 4.78 is 0.856. The molecule has 0 saturated carbocycles. The molecule has 1 aromatic carbocycles. The summed E-state index contributed by atoms with van der Waals surface area (Å²) in [6.45, 7) is 1.58. The van der Waals surface area contributed by atoms with E-state index in [-0.39, 0.29) is 18.1 Å². The molecule has 0 radical (unpaired) electrons. The fourth-order valence-corrected chi connectivity index (χ4v) is 2.16. The van der Waals surface area contributed by atoms with Gasteiger partial charge in [-0.25, -0.2) is 4.79 Å². The number of carboxylic acid groups (broad SMARTS) is 1. The van der Waals surface area contributed by atoms with Crippen LogP contribution in [0.4, 0.5) is 0 Å². The molecule has 0 bridgehead atoms. The second-order valence-electron chi connectivity index (χ2n) is 3.88. The third kappa shape index (κ3) is 2.38. The van der Waals surface area contributed by atoms with Gasteiger partial charge in [0, 0.05) is 34.4 Å². The van der Waals surface area contributed by atoms with E-state index in [9.17, 15) is 9.59 Å². The lowest BCUT2D eigenvalue weighted by atomic mass is 10.1. The number of amides is 1. The van der Waals surface area contributed by atoms with E-state index >= 15 is 0 Å². The third-order valence-electron chi connectivity index (χ3n) is 2.60. The Morgan fingerprint density at radius 3 is 2.78 bits per heavy atom. The standard InChI is InChI=1S/C12H11BrN2O3/c1-6(16)14-5-9-8-4-7(13)2-3-10(8)15-11(9)12(17)18/h2-4,15H,5H2,1H3,(H,14,16)(H,17,18). The Morgan fingerprint density at radius 2 is 2.17 bits per heavy atom. The zero-order chi connectivity index (χ0) is 13.3. The van der Waals surface area contributed by atoms with Crippen LogP contribution in [0.15, 0.2) is 22.7 Å². The van der Waals surface area contributed by atoms with Gasteiger partial charge < -0.3 is 15.4 Å². The summed E-state index contributed by atoms with van der Waals surface area (Å²) >= 11 is 3.34. The van der Waals surface area contributed by atoms with E-state index in [0.717, 1.165) is 15.4 Å². The van der Waals surface area contributed by atoms with Crippen molar-refractivity contribution in [2.75, 3.05) is 0 Å². The second-order valence-corrected chi connectivity index (χ2v) is 4.80. The van der Waals surface area contributed by atoms with Crippen LogP contribution < -0.4 is 5.32 Å². The van der Waals surface area contributed by atoms with E-state index in [4.69, 9.17) is 5.11 Å². The van der Waals surface area contributed by atoms with Gasteiger partial charge in [-0.15, -0.1) is 0 Å². The first-order valence-corrected chi connectivity index (χ1v) is 6.06. The summed E-state index contributed by atoms with van der Waals surface area (Å²) in [5.74, 6) is -1.24. The molecule has 0 saturated heterocycles. The number of nitrogens with one attached hydrogen (secondary N) is 2. The maximum atomic E-state index is 11.2. The molecule has 0 aliphatic carbocycles. The number of benzene rings is 1. The number of aromatic nitrogens is 1. The van der Waals surface area contributed by atoms with Gasteiger partial charge in [0.1, 0.15) is 5.69 Å². The van der Waals surface area contributed by atoms with E-state index in [1.807, 2.05) is 12.1 Å². The highest BCUT2D eigenvalue weighted by Crippen LogP contribution is 2.26. The Labute approximate surface area is 111 Å². The van der Waals surface area contributed by atoms with Crippen LogP contribution in [0, 0.1) is 0 Å². The van der Waals surface area contributed by atoms with Crippen molar-refractivity contribution in [3.8, 4) is 0 Å². The Morgan fingerprint density at radius 1 is 1.44 bits per heavy atom. The number of carbonyl (C=O) groups is 2. The Balaban J connectivity index is 2.57. The molecule has 0 unspecified atom stereocenters. The minimum Gasteiger partial charge on any atom is -0.477 e. The second kappa shape index (κ2) is 4.81. The number of H-pyrrole nitrogens is 1. The molecule has 2 aromatic rings. The first-order chi connectivity index (χ1) is 8.49. The van der Waals surface area contributed by atoms with Gasteiger partial charge in [0.15, 0.2) is 0 Å². The molecular formula is C12H11BrN2O3. The zero-order valence-corrected chi connectivity index (χ0v) is 11.2. The summed E-state index contributed by atoms with van der Waals surface area (Å²) in [5, 5.41) is 12.6. The number of hydrogen-bond acceptors (Lipinski definition) is 2. The van der Waals surface area contributed by atoms with E-state index < -0.39 is 5.97 Å². The SMILES string of the molecule is CC(=O)NCc1c(C(=O)O)[nH]c2ccc(Br)cc12. The van der Waals surface area contributed by atoms with Crippen molar-refractivity contribution in [2.24, 2.45) is 0 Å². The fraction of sp³-hybridized carbons (Fsp3) is 0.167. The largest absolute Gasteiger partial charge is 0.477 e. The number of aromatic carboxylic acids is 1. The highest BCUT2D eigenvalue weighted by atomic mass is 79.9. The molecular weight excluding hydrogens is 300 g/mol. The van der Waals surface area contributed by atoms with Gasteiger partial charge in [0.2, 0.25) is 5.91 Å². The van der Waals surface area contributed by atoms with Crippen molar-refractivity contribution in [2.45, 2.75) is 13.5 Å². The van der Waals surface area contributed by atoms with Crippen molar-refractivity contribution in [3.63, 3.8) is 0 Å². The minimum atomic E-state index is -1.04. The Kier molecular flexibility index (Phi) is 3.38. The highest BCUT2D eigenvalue weighted by molar-refractivity contribution is 9.10. The Bertz CT molecular complexity index is 634. The number of halogens is 1. The fourth-order valence-electron chi connectivity index (χ4n) is 1.80. The highest BCUT2D eigenvalue weighted by Gasteiger charge is 2.17. The molecule has 1 aromatic heterocycles. The van der Waals surface area contributed by atoms with Gasteiger partial charge in [0.25, 0.3) is 0 Å². The summed E-state index contributed by atoms with van der Waals surface area (Å²) in [5.41, 5.74) is 1.42. The number of fused-ring (bicyclic) bond motifs is 1. The van der Waals surface area contributed by atoms with Crippen LogP contribution in [-0.4, -0.2) is 22.0 Å². The van der Waals surface area contributed by atoms with Crippen LogP contribution in [0.1, 0.15) is 23.0 Å². The lowest BCUT2D eigenvalue weighted by Gasteiger charge is -2.02. The zero-order valence-electron chi connectivity index (χ0n) is 9.58. The molecule has 94 valence electrons. The van der Waals surface area contributed by atoms with E-state index in [2.05, 4.69) is 26.2 Å². The molecule has 0 aliphatic heterocycles. The van der Waals surface area contributed by atoms with E-state index in [0.29, 0.717) is 5.56 Å².